The van der Waals surface area contributed by atoms with E-state index in [9.17, 15) is 0 Å². The zero-order chi connectivity index (χ0) is 19.1. The fourth-order valence-corrected chi connectivity index (χ4v) is 5.28. The molecule has 3 nitrogen and oxygen atoms in total. The molecular formula is C18H11Cl6N3S. The molecule has 0 aliphatic carbocycles. The first-order valence-corrected chi connectivity index (χ1v) is 10.6. The van der Waals surface area contributed by atoms with Gasteiger partial charge >= 0.3 is 0 Å². The molecule has 0 spiro atoms. The normalized spacial score (nSPS) is 16.0. The number of thiazole rings is 1. The summed E-state index contributed by atoms with van der Waals surface area (Å²) in [4.78, 5) is 7.05. The number of hydrogen-bond acceptors (Lipinski definition) is 3. The molecule has 146 valence electrons. The van der Waals surface area contributed by atoms with Crippen LogP contribution in [0.1, 0.15) is 15.9 Å². The van der Waals surface area contributed by atoms with Gasteiger partial charge in [-0.05, 0) is 41.4 Å². The minimum absolute atomic E-state index is 0. The minimum atomic E-state index is -0.510. The number of halogens is 6. The van der Waals surface area contributed by atoms with E-state index >= 15 is 0 Å². The van der Waals surface area contributed by atoms with Gasteiger partial charge in [0.25, 0.3) is 5.82 Å². The molecule has 0 radical (unpaired) electrons. The van der Waals surface area contributed by atoms with Crippen LogP contribution in [0.5, 0.6) is 0 Å². The standard InChI is InChI=1S/C18H11Cl5N3S.ClH/c19-11-5-10(6-12(20)7-11)15-16(21)25-4-2-1-3-14(25)26(17(15)22)9-13-8-24-18(23)27-13;/h1-8,16H,9H2;1H/q+1;/p-1. The van der Waals surface area contributed by atoms with Gasteiger partial charge in [-0.1, -0.05) is 52.5 Å². The lowest BCUT2D eigenvalue weighted by atomic mass is 10.0. The van der Waals surface area contributed by atoms with Crippen molar-refractivity contribution in [2.24, 2.45) is 0 Å². The Morgan fingerprint density at radius 1 is 1.07 bits per heavy atom. The quantitative estimate of drug-likeness (QED) is 0.302. The Morgan fingerprint density at radius 2 is 1.79 bits per heavy atom. The van der Waals surface area contributed by atoms with Crippen molar-refractivity contribution < 1.29 is 17.0 Å². The van der Waals surface area contributed by atoms with Crippen LogP contribution in [-0.2, 0) is 6.54 Å². The van der Waals surface area contributed by atoms with E-state index in [-0.39, 0.29) is 12.4 Å². The van der Waals surface area contributed by atoms with Crippen LogP contribution < -0.4 is 21.9 Å². The molecule has 2 aromatic heterocycles. The number of benzene rings is 1. The van der Waals surface area contributed by atoms with Crippen molar-refractivity contribution in [1.82, 2.24) is 4.98 Å². The SMILES string of the molecule is ClC1=C(c2cc(Cl)cc(Cl)c2)C(Cl)[n+]2ccccc2N1Cc1cnc(Cl)s1.[Cl-]. The molecule has 10 heteroatoms. The lowest BCUT2D eigenvalue weighted by Crippen LogP contribution is -3.00. The average molecular weight is 514 g/mol. The highest BCUT2D eigenvalue weighted by Crippen LogP contribution is 2.42. The van der Waals surface area contributed by atoms with Crippen molar-refractivity contribution in [2.45, 2.75) is 12.0 Å². The van der Waals surface area contributed by atoms with Crippen LogP contribution in [0.2, 0.25) is 14.5 Å². The number of fused-ring (bicyclic) bond motifs is 1. The zero-order valence-corrected chi connectivity index (χ0v) is 19.3. The number of allylic oxidation sites excluding steroid dienone is 1. The third kappa shape index (κ3) is 4.24. The van der Waals surface area contributed by atoms with Crippen LogP contribution in [0, 0.1) is 0 Å². The first-order valence-electron chi connectivity index (χ1n) is 7.82. The predicted molar refractivity (Wildman–Crippen MR) is 114 cm³/mol. The van der Waals surface area contributed by atoms with Crippen LogP contribution in [0.4, 0.5) is 5.82 Å². The summed E-state index contributed by atoms with van der Waals surface area (Å²) in [5, 5.41) is 1.54. The molecule has 28 heavy (non-hydrogen) atoms. The first-order chi connectivity index (χ1) is 12.9. The number of anilines is 1. The molecule has 1 aromatic carbocycles. The van der Waals surface area contributed by atoms with E-state index in [1.807, 2.05) is 33.9 Å². The topological polar surface area (TPSA) is 20.0 Å². The summed E-state index contributed by atoms with van der Waals surface area (Å²) in [7, 11) is 0. The first kappa shape index (κ1) is 22.0. The molecular weight excluding hydrogens is 503 g/mol. The highest BCUT2D eigenvalue weighted by Gasteiger charge is 2.38. The van der Waals surface area contributed by atoms with E-state index in [1.54, 1.807) is 24.4 Å². The Hall–Kier alpha value is -0.720. The minimum Gasteiger partial charge on any atom is -1.00 e. The van der Waals surface area contributed by atoms with E-state index in [4.69, 9.17) is 58.0 Å². The van der Waals surface area contributed by atoms with Crippen molar-refractivity contribution in [1.29, 1.82) is 0 Å². The summed E-state index contributed by atoms with van der Waals surface area (Å²) in [6, 6.07) is 11.1. The molecule has 0 saturated heterocycles. The predicted octanol–water partition coefficient (Wildman–Crippen LogP) is 3.76. The maximum absolute atomic E-state index is 6.84. The zero-order valence-electron chi connectivity index (χ0n) is 13.9. The van der Waals surface area contributed by atoms with Crippen molar-refractivity contribution in [3.8, 4) is 0 Å². The molecule has 1 aliphatic heterocycles. The van der Waals surface area contributed by atoms with Crippen molar-refractivity contribution in [2.75, 3.05) is 4.90 Å². The highest BCUT2D eigenvalue weighted by molar-refractivity contribution is 7.15. The van der Waals surface area contributed by atoms with Gasteiger partial charge in [0.05, 0.1) is 16.6 Å². The number of rotatable bonds is 3. The summed E-state index contributed by atoms with van der Waals surface area (Å²) in [5.41, 5.74) is 0.985. The summed E-state index contributed by atoms with van der Waals surface area (Å²) in [5.74, 6) is 0.865. The van der Waals surface area contributed by atoms with Crippen molar-refractivity contribution in [3.63, 3.8) is 0 Å². The summed E-state index contributed by atoms with van der Waals surface area (Å²) in [6.07, 6.45) is 3.66. The van der Waals surface area contributed by atoms with Gasteiger partial charge in [-0.2, -0.15) is 0 Å². The summed E-state index contributed by atoms with van der Waals surface area (Å²) in [6.45, 7) is 0.509. The fourth-order valence-electron chi connectivity index (χ4n) is 2.98. The van der Waals surface area contributed by atoms with Crippen molar-refractivity contribution in [3.05, 3.63) is 78.9 Å². The fraction of sp³-hybridized carbons (Fsp3) is 0.111. The van der Waals surface area contributed by atoms with Gasteiger partial charge in [0.2, 0.25) is 10.7 Å². The Labute approximate surface area is 197 Å². The molecule has 3 aromatic rings. The third-order valence-electron chi connectivity index (χ3n) is 4.10. The second-order valence-corrected chi connectivity index (χ2v) is 9.17. The van der Waals surface area contributed by atoms with Crippen LogP contribution >= 0.6 is 69.3 Å². The van der Waals surface area contributed by atoms with Gasteiger partial charge in [-0.15, -0.1) is 11.3 Å². The Balaban J connectivity index is 0.00000225. The van der Waals surface area contributed by atoms with Gasteiger partial charge in [0.1, 0.15) is 6.54 Å². The lowest BCUT2D eigenvalue weighted by Gasteiger charge is -2.28. The summed E-state index contributed by atoms with van der Waals surface area (Å²) < 4.78 is 2.43. The number of aromatic nitrogens is 2. The van der Waals surface area contributed by atoms with Crippen LogP contribution in [-0.4, -0.2) is 4.98 Å². The molecule has 4 rings (SSSR count). The Morgan fingerprint density at radius 3 is 2.43 bits per heavy atom. The number of alkyl halides is 1. The van der Waals surface area contributed by atoms with Gasteiger partial charge in [-0.3, -0.25) is 0 Å². The molecule has 0 saturated carbocycles. The van der Waals surface area contributed by atoms with Gasteiger partial charge in [0.15, 0.2) is 4.47 Å². The molecule has 1 unspecified atom stereocenters. The van der Waals surface area contributed by atoms with E-state index in [2.05, 4.69) is 4.98 Å². The number of nitrogens with zero attached hydrogens (tertiary/aromatic N) is 3. The maximum atomic E-state index is 6.84. The highest BCUT2D eigenvalue weighted by atomic mass is 35.5. The van der Waals surface area contributed by atoms with E-state index in [0.717, 1.165) is 21.8 Å². The second-order valence-electron chi connectivity index (χ2n) is 5.83. The van der Waals surface area contributed by atoms with Gasteiger partial charge in [0, 0.05) is 22.3 Å². The van der Waals surface area contributed by atoms with E-state index in [0.29, 0.717) is 26.2 Å². The Kier molecular flexibility index (Phi) is 7.04. The lowest BCUT2D eigenvalue weighted by molar-refractivity contribution is -0.678. The molecule has 3 heterocycles. The molecule has 1 atom stereocenters. The molecule has 0 N–H and O–H groups in total. The van der Waals surface area contributed by atoms with Crippen LogP contribution in [0.15, 0.2) is 53.9 Å². The molecule has 0 bridgehead atoms. The number of hydrogen-bond donors (Lipinski definition) is 0. The second kappa shape index (κ2) is 8.97. The van der Waals surface area contributed by atoms with E-state index < -0.39 is 5.50 Å². The molecule has 0 fully saturated rings. The molecule has 0 amide bonds. The van der Waals surface area contributed by atoms with Crippen LogP contribution in [0.3, 0.4) is 0 Å². The average Bonchev–Trinajstić information content (AvgIpc) is 3.03. The maximum Gasteiger partial charge on any atom is 0.284 e. The number of pyridine rings is 1. The van der Waals surface area contributed by atoms with Gasteiger partial charge < -0.3 is 12.4 Å². The van der Waals surface area contributed by atoms with Gasteiger partial charge in [-0.25, -0.2) is 14.5 Å². The van der Waals surface area contributed by atoms with Crippen molar-refractivity contribution >= 4 is 80.7 Å². The smallest absolute Gasteiger partial charge is 0.284 e. The van der Waals surface area contributed by atoms with E-state index in [1.165, 1.54) is 11.3 Å². The largest absolute Gasteiger partial charge is 1.00 e. The molecule has 1 aliphatic rings. The monoisotopic (exact) mass is 511 g/mol. The third-order valence-corrected chi connectivity index (χ3v) is 6.47. The Bertz CT molecular complexity index is 1030. The summed E-state index contributed by atoms with van der Waals surface area (Å²) >= 11 is 33.4. The van der Waals surface area contributed by atoms with Crippen LogP contribution in [0.25, 0.3) is 5.57 Å².